The average molecular weight is 314 g/mol. The van der Waals surface area contributed by atoms with Crippen LogP contribution in [-0.4, -0.2) is 36.9 Å². The van der Waals surface area contributed by atoms with E-state index in [4.69, 9.17) is 0 Å². The molecule has 1 saturated heterocycles. The first-order valence-corrected chi connectivity index (χ1v) is 8.77. The highest BCUT2D eigenvalue weighted by molar-refractivity contribution is 5.81. The van der Waals surface area contributed by atoms with Crippen LogP contribution in [0.4, 0.5) is 0 Å². The number of carbonyl (C=O) groups excluding carboxylic acids is 2. The van der Waals surface area contributed by atoms with E-state index in [9.17, 15) is 9.59 Å². The van der Waals surface area contributed by atoms with Gasteiger partial charge in [-0.1, -0.05) is 18.2 Å². The highest BCUT2D eigenvalue weighted by atomic mass is 16.2. The summed E-state index contributed by atoms with van der Waals surface area (Å²) >= 11 is 0. The third-order valence-electron chi connectivity index (χ3n) is 5.23. The van der Waals surface area contributed by atoms with Gasteiger partial charge in [0.2, 0.25) is 11.8 Å². The maximum atomic E-state index is 12.5. The minimum atomic E-state index is 0.0628. The number of nitrogens with zero attached hydrogens (tertiary/aromatic N) is 1. The first-order chi connectivity index (χ1) is 11.2. The average Bonchev–Trinajstić information content (AvgIpc) is 2.61. The van der Waals surface area contributed by atoms with Crippen LogP contribution in [0.5, 0.6) is 0 Å². The van der Waals surface area contributed by atoms with Crippen LogP contribution >= 0.6 is 0 Å². The van der Waals surface area contributed by atoms with Gasteiger partial charge in [0.05, 0.1) is 6.42 Å². The molecule has 23 heavy (non-hydrogen) atoms. The van der Waals surface area contributed by atoms with Crippen molar-refractivity contribution < 1.29 is 9.59 Å². The molecule has 1 N–H and O–H groups in total. The molecule has 1 aromatic carbocycles. The van der Waals surface area contributed by atoms with E-state index in [-0.39, 0.29) is 17.7 Å². The number of piperidine rings is 1. The Morgan fingerprint density at radius 1 is 1.13 bits per heavy atom. The largest absolute Gasteiger partial charge is 0.359 e. The van der Waals surface area contributed by atoms with Crippen LogP contribution in [0, 0.1) is 5.92 Å². The smallest absolute Gasteiger partial charge is 0.226 e. The molecule has 0 aromatic heterocycles. The first kappa shape index (κ1) is 16.0. The Kier molecular flexibility index (Phi) is 4.99. The molecule has 1 aromatic rings. The van der Waals surface area contributed by atoms with Crippen LogP contribution in [0.2, 0.25) is 0 Å². The number of nitrogens with one attached hydrogen (secondary N) is 1. The summed E-state index contributed by atoms with van der Waals surface area (Å²) in [6.45, 7) is 1.39. The van der Waals surface area contributed by atoms with Crippen molar-refractivity contribution in [2.75, 3.05) is 20.1 Å². The first-order valence-electron chi connectivity index (χ1n) is 8.77. The summed E-state index contributed by atoms with van der Waals surface area (Å²) in [7, 11) is 1.68. The molecule has 0 bridgehead atoms. The van der Waals surface area contributed by atoms with Crippen LogP contribution in [-0.2, 0) is 28.9 Å². The van der Waals surface area contributed by atoms with Crippen LogP contribution in [0.15, 0.2) is 18.2 Å². The van der Waals surface area contributed by atoms with E-state index in [0.717, 1.165) is 24.8 Å². The molecule has 124 valence electrons. The zero-order valence-corrected chi connectivity index (χ0v) is 13.9. The Morgan fingerprint density at radius 2 is 1.83 bits per heavy atom. The van der Waals surface area contributed by atoms with E-state index in [1.165, 1.54) is 30.4 Å². The van der Waals surface area contributed by atoms with Gasteiger partial charge in [0, 0.05) is 26.1 Å². The minimum absolute atomic E-state index is 0.0628. The van der Waals surface area contributed by atoms with Gasteiger partial charge in [-0.3, -0.25) is 9.59 Å². The summed E-state index contributed by atoms with van der Waals surface area (Å²) in [4.78, 5) is 26.1. The normalized spacial score (nSPS) is 18.4. The van der Waals surface area contributed by atoms with Crippen molar-refractivity contribution in [1.82, 2.24) is 10.2 Å². The van der Waals surface area contributed by atoms with Crippen molar-refractivity contribution in [3.8, 4) is 0 Å². The van der Waals surface area contributed by atoms with Crippen molar-refractivity contribution >= 4 is 11.8 Å². The number of likely N-dealkylation sites (tertiary alicyclic amines) is 1. The Hall–Kier alpha value is -1.84. The number of rotatable bonds is 3. The van der Waals surface area contributed by atoms with E-state index in [0.29, 0.717) is 19.5 Å². The quantitative estimate of drug-likeness (QED) is 0.929. The fourth-order valence-electron chi connectivity index (χ4n) is 3.78. The molecule has 0 saturated carbocycles. The van der Waals surface area contributed by atoms with Gasteiger partial charge in [0.15, 0.2) is 0 Å². The Balaban J connectivity index is 1.56. The number of hydrogen-bond acceptors (Lipinski definition) is 2. The minimum Gasteiger partial charge on any atom is -0.359 e. The predicted octanol–water partition coefficient (Wildman–Crippen LogP) is 2.09. The Bertz CT molecular complexity index is 589. The molecule has 1 aliphatic carbocycles. The molecule has 0 atom stereocenters. The maximum Gasteiger partial charge on any atom is 0.226 e. The summed E-state index contributed by atoms with van der Waals surface area (Å²) in [6, 6.07) is 6.54. The second-order valence-electron chi connectivity index (χ2n) is 6.76. The van der Waals surface area contributed by atoms with Gasteiger partial charge in [-0.15, -0.1) is 0 Å². The second kappa shape index (κ2) is 7.16. The molecular weight excluding hydrogens is 288 g/mol. The van der Waals surface area contributed by atoms with Crippen molar-refractivity contribution in [1.29, 1.82) is 0 Å². The number of carbonyl (C=O) groups is 2. The zero-order valence-electron chi connectivity index (χ0n) is 13.9. The summed E-state index contributed by atoms with van der Waals surface area (Å²) in [6.07, 6.45) is 6.90. The van der Waals surface area contributed by atoms with Crippen molar-refractivity contribution in [2.45, 2.75) is 44.9 Å². The number of aryl methyl sites for hydroxylation is 2. The maximum absolute atomic E-state index is 12.5. The van der Waals surface area contributed by atoms with Crippen molar-refractivity contribution in [2.24, 2.45) is 5.92 Å². The van der Waals surface area contributed by atoms with Crippen LogP contribution < -0.4 is 5.32 Å². The molecule has 0 unspecified atom stereocenters. The Morgan fingerprint density at radius 3 is 2.52 bits per heavy atom. The van der Waals surface area contributed by atoms with Crippen LogP contribution in [0.25, 0.3) is 0 Å². The molecule has 2 aliphatic rings. The van der Waals surface area contributed by atoms with Gasteiger partial charge in [0.25, 0.3) is 0 Å². The fourth-order valence-corrected chi connectivity index (χ4v) is 3.78. The topological polar surface area (TPSA) is 49.4 Å². The number of fused-ring (bicyclic) bond motifs is 1. The van der Waals surface area contributed by atoms with Gasteiger partial charge in [-0.05, 0) is 55.2 Å². The van der Waals surface area contributed by atoms with E-state index >= 15 is 0 Å². The van der Waals surface area contributed by atoms with Crippen molar-refractivity contribution in [3.05, 3.63) is 34.9 Å². The summed E-state index contributed by atoms with van der Waals surface area (Å²) in [5.74, 6) is 0.357. The molecule has 2 amide bonds. The lowest BCUT2D eigenvalue weighted by Gasteiger charge is -2.31. The lowest BCUT2D eigenvalue weighted by Crippen LogP contribution is -2.42. The number of hydrogen-bond donors (Lipinski definition) is 1. The van der Waals surface area contributed by atoms with Gasteiger partial charge >= 0.3 is 0 Å². The number of benzene rings is 1. The predicted molar refractivity (Wildman–Crippen MR) is 90.2 cm³/mol. The third kappa shape index (κ3) is 3.74. The summed E-state index contributed by atoms with van der Waals surface area (Å²) in [5, 5.41) is 2.71. The molecular formula is C19H26N2O2. The molecule has 1 heterocycles. The van der Waals surface area contributed by atoms with E-state index in [2.05, 4.69) is 23.5 Å². The van der Waals surface area contributed by atoms with E-state index in [1.807, 2.05) is 4.90 Å². The van der Waals surface area contributed by atoms with Crippen LogP contribution in [0.3, 0.4) is 0 Å². The monoisotopic (exact) mass is 314 g/mol. The van der Waals surface area contributed by atoms with E-state index < -0.39 is 0 Å². The summed E-state index contributed by atoms with van der Waals surface area (Å²) < 4.78 is 0. The lowest BCUT2D eigenvalue weighted by atomic mass is 9.89. The molecule has 4 nitrogen and oxygen atoms in total. The SMILES string of the molecule is CNC(=O)C1CCN(C(=O)Cc2ccc3c(c2)CCCC3)CC1. The van der Waals surface area contributed by atoms with Gasteiger partial charge in [-0.2, -0.15) is 0 Å². The second-order valence-corrected chi connectivity index (χ2v) is 6.76. The molecule has 0 radical (unpaired) electrons. The van der Waals surface area contributed by atoms with Crippen LogP contribution in [0.1, 0.15) is 42.4 Å². The molecule has 4 heteroatoms. The molecule has 3 rings (SSSR count). The third-order valence-corrected chi connectivity index (χ3v) is 5.23. The van der Waals surface area contributed by atoms with Gasteiger partial charge in [0.1, 0.15) is 0 Å². The fraction of sp³-hybridized carbons (Fsp3) is 0.579. The highest BCUT2D eigenvalue weighted by Gasteiger charge is 2.26. The Labute approximate surface area is 138 Å². The number of amides is 2. The zero-order chi connectivity index (χ0) is 16.2. The highest BCUT2D eigenvalue weighted by Crippen LogP contribution is 2.23. The lowest BCUT2D eigenvalue weighted by molar-refractivity contribution is -0.134. The van der Waals surface area contributed by atoms with E-state index in [1.54, 1.807) is 7.05 Å². The summed E-state index contributed by atoms with van der Waals surface area (Å²) in [5.41, 5.74) is 4.02. The molecule has 1 aliphatic heterocycles. The van der Waals surface area contributed by atoms with Gasteiger partial charge in [-0.25, -0.2) is 0 Å². The molecule has 0 spiro atoms. The van der Waals surface area contributed by atoms with Crippen molar-refractivity contribution in [3.63, 3.8) is 0 Å². The van der Waals surface area contributed by atoms with Gasteiger partial charge < -0.3 is 10.2 Å². The molecule has 1 fully saturated rings. The standard InChI is InChI=1S/C19H26N2O2/c1-20-19(23)16-8-10-21(11-9-16)18(22)13-14-6-7-15-4-2-3-5-17(15)12-14/h6-7,12,16H,2-5,8-11,13H2,1H3,(H,20,23).